The molecule has 1 amide bonds. The van der Waals surface area contributed by atoms with Gasteiger partial charge in [-0.1, -0.05) is 11.6 Å². The molecule has 1 heterocycles. The van der Waals surface area contributed by atoms with E-state index in [1.165, 1.54) is 13.0 Å². The highest BCUT2D eigenvalue weighted by atomic mass is 35.5. The second-order valence-electron chi connectivity index (χ2n) is 4.52. The highest BCUT2D eigenvalue weighted by Gasteiger charge is 2.26. The summed E-state index contributed by atoms with van der Waals surface area (Å²) in [6.07, 6.45) is -0.328. The second-order valence-corrected chi connectivity index (χ2v) is 4.92. The van der Waals surface area contributed by atoms with E-state index < -0.39 is 39.9 Å². The lowest BCUT2D eigenvalue weighted by Gasteiger charge is -2.14. The van der Waals surface area contributed by atoms with E-state index in [0.717, 1.165) is 18.5 Å². The van der Waals surface area contributed by atoms with Gasteiger partial charge < -0.3 is 15.0 Å². The molecule has 0 saturated heterocycles. The number of nitro groups is 1. The van der Waals surface area contributed by atoms with Gasteiger partial charge in [0, 0.05) is 0 Å². The van der Waals surface area contributed by atoms with Crippen molar-refractivity contribution >= 4 is 28.9 Å². The number of hydrogen-bond acceptors (Lipinski definition) is 6. The average Bonchev–Trinajstić information content (AvgIpc) is 2.49. The molecular weight excluding hydrogens is 347 g/mol. The monoisotopic (exact) mass is 356 g/mol. The maximum atomic E-state index is 13.0. The molecule has 2 rings (SSSR count). The molecule has 0 saturated carbocycles. The molecule has 0 aliphatic carbocycles. The molecule has 0 fully saturated rings. The number of aromatic amines is 1. The fourth-order valence-corrected chi connectivity index (χ4v) is 1.88. The summed E-state index contributed by atoms with van der Waals surface area (Å²) in [5.41, 5.74) is -1.80. The van der Waals surface area contributed by atoms with E-state index in [0.29, 0.717) is 0 Å². The van der Waals surface area contributed by atoms with Gasteiger partial charge >= 0.3 is 17.1 Å². The fourth-order valence-electron chi connectivity index (χ4n) is 1.67. The Morgan fingerprint density at radius 1 is 1.54 bits per heavy atom. The number of benzene rings is 1. The Hall–Kier alpha value is -3.01. The Bertz CT molecular complexity index is 856. The Morgan fingerprint density at radius 3 is 2.88 bits per heavy atom. The topological polar surface area (TPSA) is 127 Å². The smallest absolute Gasteiger partial charge is 0.395 e. The maximum Gasteiger partial charge on any atom is 0.395 e. The van der Waals surface area contributed by atoms with E-state index in [1.807, 2.05) is 4.98 Å². The molecule has 24 heavy (non-hydrogen) atoms. The summed E-state index contributed by atoms with van der Waals surface area (Å²) in [6, 6.07) is 3.35. The van der Waals surface area contributed by atoms with Crippen LogP contribution in [-0.4, -0.2) is 26.9 Å². The van der Waals surface area contributed by atoms with Crippen molar-refractivity contribution in [3.63, 3.8) is 0 Å². The molecule has 2 aromatic rings. The first kappa shape index (κ1) is 17.3. The highest BCUT2D eigenvalue weighted by Crippen LogP contribution is 2.23. The normalized spacial score (nSPS) is 11.6. The Labute approximate surface area is 138 Å². The third-order valence-electron chi connectivity index (χ3n) is 2.82. The van der Waals surface area contributed by atoms with Crippen LogP contribution < -0.4 is 15.6 Å². The van der Waals surface area contributed by atoms with Gasteiger partial charge in [-0.25, -0.2) is 4.39 Å². The molecule has 1 aromatic heterocycles. The van der Waals surface area contributed by atoms with Crippen molar-refractivity contribution < 1.29 is 18.8 Å². The summed E-state index contributed by atoms with van der Waals surface area (Å²) in [6.45, 7) is 1.29. The lowest BCUT2D eigenvalue weighted by molar-refractivity contribution is -0.387. The number of H-pyrrole nitrogens is 1. The molecule has 0 radical (unpaired) electrons. The van der Waals surface area contributed by atoms with Gasteiger partial charge in [0.2, 0.25) is 0 Å². The van der Waals surface area contributed by atoms with Gasteiger partial charge in [0.05, 0.1) is 22.0 Å². The Morgan fingerprint density at radius 2 is 2.25 bits per heavy atom. The van der Waals surface area contributed by atoms with Crippen molar-refractivity contribution in [1.29, 1.82) is 0 Å². The molecule has 0 aliphatic heterocycles. The van der Waals surface area contributed by atoms with E-state index in [4.69, 9.17) is 16.3 Å². The number of halogens is 2. The van der Waals surface area contributed by atoms with Gasteiger partial charge in [0.25, 0.3) is 5.91 Å². The number of carbonyl (C=O) groups is 1. The predicted octanol–water partition coefficient (Wildman–Crippen LogP) is 1.88. The number of carbonyl (C=O) groups excluding carboxylic acids is 1. The molecule has 9 nitrogen and oxygen atoms in total. The molecular formula is C13H10ClFN4O5. The van der Waals surface area contributed by atoms with E-state index in [2.05, 4.69) is 10.3 Å². The summed E-state index contributed by atoms with van der Waals surface area (Å²) < 4.78 is 18.0. The van der Waals surface area contributed by atoms with Crippen molar-refractivity contribution in [3.05, 3.63) is 55.8 Å². The zero-order chi connectivity index (χ0) is 17.9. The number of rotatable bonds is 5. The molecule has 0 spiro atoms. The van der Waals surface area contributed by atoms with Gasteiger partial charge in [-0.15, -0.1) is 0 Å². The Balaban J connectivity index is 2.17. The lowest BCUT2D eigenvalue weighted by atomic mass is 10.3. The van der Waals surface area contributed by atoms with E-state index >= 15 is 0 Å². The molecule has 0 bridgehead atoms. The largest absolute Gasteiger partial charge is 0.459 e. The van der Waals surface area contributed by atoms with Crippen molar-refractivity contribution in [2.24, 2.45) is 0 Å². The van der Waals surface area contributed by atoms with Crippen LogP contribution in [0.25, 0.3) is 0 Å². The number of nitrogens with zero attached hydrogens (tertiary/aromatic N) is 2. The van der Waals surface area contributed by atoms with Crippen LogP contribution >= 0.6 is 11.6 Å². The third kappa shape index (κ3) is 3.84. The van der Waals surface area contributed by atoms with Crippen molar-refractivity contribution in [1.82, 2.24) is 9.97 Å². The molecule has 11 heteroatoms. The number of anilines is 1. The molecule has 1 aromatic carbocycles. The molecule has 2 N–H and O–H groups in total. The fraction of sp³-hybridized carbons (Fsp3) is 0.154. The van der Waals surface area contributed by atoms with Gasteiger partial charge in [0.15, 0.2) is 6.10 Å². The maximum absolute atomic E-state index is 13.0. The summed E-state index contributed by atoms with van der Waals surface area (Å²) in [5, 5.41) is 13.2. The highest BCUT2D eigenvalue weighted by molar-refractivity contribution is 6.33. The molecule has 126 valence electrons. The quantitative estimate of drug-likeness (QED) is 0.622. The van der Waals surface area contributed by atoms with Gasteiger partial charge in [-0.05, 0) is 25.1 Å². The van der Waals surface area contributed by atoms with Crippen molar-refractivity contribution in [2.75, 3.05) is 5.32 Å². The van der Waals surface area contributed by atoms with Crippen LogP contribution in [0.15, 0.2) is 29.3 Å². The average molecular weight is 357 g/mol. The minimum Gasteiger partial charge on any atom is -0.459 e. The summed E-state index contributed by atoms with van der Waals surface area (Å²) >= 11 is 5.78. The summed E-state index contributed by atoms with van der Waals surface area (Å²) in [4.78, 5) is 39.0. The van der Waals surface area contributed by atoms with Gasteiger partial charge in [-0.3, -0.25) is 19.7 Å². The first-order valence-corrected chi connectivity index (χ1v) is 6.82. The number of hydrogen-bond donors (Lipinski definition) is 2. The summed E-state index contributed by atoms with van der Waals surface area (Å²) in [5.74, 6) is -1.90. The Kier molecular flexibility index (Phi) is 5.09. The second kappa shape index (κ2) is 7.04. The van der Waals surface area contributed by atoms with Crippen LogP contribution in [0.1, 0.15) is 6.92 Å². The zero-order valence-corrected chi connectivity index (χ0v) is 12.8. The number of amides is 1. The van der Waals surface area contributed by atoms with Crippen LogP contribution in [0, 0.1) is 15.9 Å². The van der Waals surface area contributed by atoms with Crippen LogP contribution in [-0.2, 0) is 4.79 Å². The van der Waals surface area contributed by atoms with Crippen molar-refractivity contribution in [2.45, 2.75) is 13.0 Å². The van der Waals surface area contributed by atoms with Crippen LogP contribution in [0.5, 0.6) is 5.88 Å². The van der Waals surface area contributed by atoms with Gasteiger partial charge in [0.1, 0.15) is 5.82 Å². The predicted molar refractivity (Wildman–Crippen MR) is 81.6 cm³/mol. The lowest BCUT2D eigenvalue weighted by Crippen LogP contribution is -2.31. The standard InChI is InChI=1S/C13H10ClFN4O5/c1-6(11(20)18-9-3-2-7(15)4-8(9)14)24-13-10(19(22)23)12(21)16-5-17-13/h2-6H,1H3,(H,18,20)(H,16,17,21)/t6-/m0/s1. The molecule has 0 unspecified atom stereocenters. The first-order valence-electron chi connectivity index (χ1n) is 6.44. The van der Waals surface area contributed by atoms with Crippen LogP contribution in [0.2, 0.25) is 5.02 Å². The minimum atomic E-state index is -1.24. The number of ether oxygens (including phenoxy) is 1. The number of nitrogens with one attached hydrogen (secondary N) is 2. The minimum absolute atomic E-state index is 0.0317. The third-order valence-corrected chi connectivity index (χ3v) is 3.14. The summed E-state index contributed by atoms with van der Waals surface area (Å²) in [7, 11) is 0. The zero-order valence-electron chi connectivity index (χ0n) is 12.1. The van der Waals surface area contributed by atoms with Gasteiger partial charge in [-0.2, -0.15) is 4.98 Å². The molecule has 0 aliphatic rings. The van der Waals surface area contributed by atoms with Crippen LogP contribution in [0.3, 0.4) is 0 Å². The first-order chi connectivity index (χ1) is 11.3. The number of aromatic nitrogens is 2. The van der Waals surface area contributed by atoms with E-state index in [-0.39, 0.29) is 10.7 Å². The van der Waals surface area contributed by atoms with Crippen LogP contribution in [0.4, 0.5) is 15.8 Å². The van der Waals surface area contributed by atoms with Crippen molar-refractivity contribution in [3.8, 4) is 5.88 Å². The SMILES string of the molecule is C[C@H](Oc1nc[nH]c(=O)c1[N+](=O)[O-])C(=O)Nc1ccc(F)cc1Cl. The van der Waals surface area contributed by atoms with E-state index in [1.54, 1.807) is 0 Å². The molecule has 1 atom stereocenters. The van der Waals surface area contributed by atoms with E-state index in [9.17, 15) is 24.1 Å².